The number of nitrogens with one attached hydrogen (secondary N) is 1. The zero-order valence-corrected chi connectivity index (χ0v) is 7.75. The summed E-state index contributed by atoms with van der Waals surface area (Å²) in [5.74, 6) is -1.09. The number of carboxylic acid groups (broad SMARTS) is 1. The fourth-order valence-corrected chi connectivity index (χ4v) is 1.83. The van der Waals surface area contributed by atoms with Crippen molar-refractivity contribution in [1.29, 1.82) is 0 Å². The Morgan fingerprint density at radius 3 is 2.62 bits per heavy atom. The van der Waals surface area contributed by atoms with Crippen molar-refractivity contribution < 1.29 is 14.7 Å². The molecule has 4 heteroatoms. The average Bonchev–Trinajstić information content (AvgIpc) is 2.03. The summed E-state index contributed by atoms with van der Waals surface area (Å²) in [7, 11) is 0. The fraction of sp³-hybridized carbons (Fsp3) is 0.778. The Kier molecular flexibility index (Phi) is 3.28. The maximum absolute atomic E-state index is 10.7. The van der Waals surface area contributed by atoms with Crippen molar-refractivity contribution in [3.05, 3.63) is 0 Å². The van der Waals surface area contributed by atoms with Crippen LogP contribution in [0.15, 0.2) is 0 Å². The van der Waals surface area contributed by atoms with Crippen molar-refractivity contribution in [3.8, 4) is 0 Å². The van der Waals surface area contributed by atoms with Gasteiger partial charge in [-0.1, -0.05) is 6.42 Å². The van der Waals surface area contributed by atoms with E-state index in [0.29, 0.717) is 6.42 Å². The fourth-order valence-electron chi connectivity index (χ4n) is 1.83. The molecule has 1 saturated carbocycles. The molecule has 0 aromatic rings. The lowest BCUT2D eigenvalue weighted by atomic mass is 9.86. The van der Waals surface area contributed by atoms with E-state index in [4.69, 9.17) is 5.11 Å². The molecule has 0 heterocycles. The lowest BCUT2D eigenvalue weighted by Gasteiger charge is -2.26. The first-order chi connectivity index (χ1) is 6.09. The lowest BCUT2D eigenvalue weighted by molar-refractivity contribution is -0.143. The van der Waals surface area contributed by atoms with Gasteiger partial charge in [0.2, 0.25) is 5.91 Å². The van der Waals surface area contributed by atoms with Gasteiger partial charge in [-0.2, -0.15) is 0 Å². The number of aliphatic carboxylic acids is 1. The number of hydrogen-bond acceptors (Lipinski definition) is 2. The minimum Gasteiger partial charge on any atom is -0.481 e. The molecular formula is C9H15NO3. The summed E-state index contributed by atoms with van der Waals surface area (Å²) in [4.78, 5) is 21.4. The van der Waals surface area contributed by atoms with E-state index in [2.05, 4.69) is 5.32 Å². The van der Waals surface area contributed by atoms with Gasteiger partial charge in [-0.3, -0.25) is 9.59 Å². The Balaban J connectivity index is 2.41. The molecule has 1 amide bonds. The van der Waals surface area contributed by atoms with Crippen LogP contribution in [0.1, 0.15) is 32.6 Å². The van der Waals surface area contributed by atoms with Crippen LogP contribution < -0.4 is 5.32 Å². The number of carboxylic acids is 1. The van der Waals surface area contributed by atoms with Crippen LogP contribution in [0.25, 0.3) is 0 Å². The minimum absolute atomic E-state index is 0.0624. The molecule has 0 spiro atoms. The third-order valence-corrected chi connectivity index (χ3v) is 2.43. The smallest absolute Gasteiger partial charge is 0.306 e. The number of rotatable bonds is 2. The monoisotopic (exact) mass is 185 g/mol. The first-order valence-corrected chi connectivity index (χ1v) is 4.59. The third-order valence-electron chi connectivity index (χ3n) is 2.43. The molecule has 1 rings (SSSR count). The molecule has 0 radical (unpaired) electrons. The molecule has 1 fully saturated rings. The van der Waals surface area contributed by atoms with Crippen molar-refractivity contribution in [1.82, 2.24) is 5.32 Å². The Labute approximate surface area is 77.3 Å². The van der Waals surface area contributed by atoms with Gasteiger partial charge in [-0.25, -0.2) is 0 Å². The lowest BCUT2D eigenvalue weighted by Crippen LogP contribution is -2.38. The van der Waals surface area contributed by atoms with Gasteiger partial charge in [-0.15, -0.1) is 0 Å². The summed E-state index contributed by atoms with van der Waals surface area (Å²) in [5.41, 5.74) is 0. The highest BCUT2D eigenvalue weighted by molar-refractivity contribution is 5.73. The van der Waals surface area contributed by atoms with Crippen molar-refractivity contribution in [2.75, 3.05) is 0 Å². The largest absolute Gasteiger partial charge is 0.481 e. The van der Waals surface area contributed by atoms with E-state index < -0.39 is 5.97 Å². The zero-order chi connectivity index (χ0) is 9.84. The highest BCUT2D eigenvalue weighted by Crippen LogP contribution is 2.24. The summed E-state index contributed by atoms with van der Waals surface area (Å²) < 4.78 is 0. The first-order valence-electron chi connectivity index (χ1n) is 4.59. The Morgan fingerprint density at radius 2 is 2.08 bits per heavy atom. The highest BCUT2D eigenvalue weighted by Gasteiger charge is 2.26. The highest BCUT2D eigenvalue weighted by atomic mass is 16.4. The molecule has 0 unspecified atom stereocenters. The molecule has 4 nitrogen and oxygen atoms in total. The number of carbonyl (C=O) groups excluding carboxylic acids is 1. The van der Waals surface area contributed by atoms with E-state index in [1.165, 1.54) is 6.92 Å². The van der Waals surface area contributed by atoms with Gasteiger partial charge in [0.25, 0.3) is 0 Å². The molecule has 13 heavy (non-hydrogen) atoms. The van der Waals surface area contributed by atoms with Crippen LogP contribution in [-0.2, 0) is 9.59 Å². The maximum atomic E-state index is 10.7. The van der Waals surface area contributed by atoms with Crippen molar-refractivity contribution in [2.45, 2.75) is 38.6 Å². The quantitative estimate of drug-likeness (QED) is 0.667. The molecule has 0 aromatic heterocycles. The van der Waals surface area contributed by atoms with E-state index in [1.54, 1.807) is 0 Å². The van der Waals surface area contributed by atoms with E-state index >= 15 is 0 Å². The Bertz CT molecular complexity index is 215. The van der Waals surface area contributed by atoms with Gasteiger partial charge in [0.05, 0.1) is 5.92 Å². The molecule has 0 aliphatic heterocycles. The second-order valence-corrected chi connectivity index (χ2v) is 3.60. The molecule has 0 saturated heterocycles. The molecule has 2 N–H and O–H groups in total. The minimum atomic E-state index is -0.741. The number of amides is 1. The van der Waals surface area contributed by atoms with Crippen LogP contribution >= 0.6 is 0 Å². The predicted molar refractivity (Wildman–Crippen MR) is 47.2 cm³/mol. The summed E-state index contributed by atoms with van der Waals surface area (Å²) >= 11 is 0. The van der Waals surface area contributed by atoms with E-state index in [1.807, 2.05) is 0 Å². The summed E-state index contributed by atoms with van der Waals surface area (Å²) in [5, 5.41) is 11.5. The van der Waals surface area contributed by atoms with Crippen molar-refractivity contribution >= 4 is 11.9 Å². The normalized spacial score (nSPS) is 28.1. The van der Waals surface area contributed by atoms with Crippen LogP contribution in [-0.4, -0.2) is 23.0 Å². The molecular weight excluding hydrogens is 170 g/mol. The van der Waals surface area contributed by atoms with E-state index in [-0.39, 0.29) is 17.9 Å². The van der Waals surface area contributed by atoms with Crippen molar-refractivity contribution in [2.24, 2.45) is 5.92 Å². The van der Waals surface area contributed by atoms with Crippen LogP contribution in [0.3, 0.4) is 0 Å². The average molecular weight is 185 g/mol. The standard InChI is InChI=1S/C9H15NO3/c1-6(11)10-8-4-2-3-7(5-8)9(12)13/h7-8H,2-5H2,1H3,(H,10,11)(H,12,13)/t7-,8-/m0/s1. The predicted octanol–water partition coefficient (Wildman–Crippen LogP) is 0.766. The van der Waals surface area contributed by atoms with Gasteiger partial charge >= 0.3 is 5.97 Å². The molecule has 74 valence electrons. The van der Waals surface area contributed by atoms with Crippen molar-refractivity contribution in [3.63, 3.8) is 0 Å². The van der Waals surface area contributed by atoms with E-state index in [0.717, 1.165) is 19.3 Å². The summed E-state index contributed by atoms with van der Waals surface area (Å²) in [6, 6.07) is 0.0624. The molecule has 1 aliphatic carbocycles. The van der Waals surface area contributed by atoms with Gasteiger partial charge in [0, 0.05) is 13.0 Å². The van der Waals surface area contributed by atoms with Crippen LogP contribution in [0.2, 0.25) is 0 Å². The van der Waals surface area contributed by atoms with Crippen LogP contribution in [0.4, 0.5) is 0 Å². The second kappa shape index (κ2) is 4.25. The van der Waals surface area contributed by atoms with E-state index in [9.17, 15) is 9.59 Å². The Morgan fingerprint density at radius 1 is 1.38 bits per heavy atom. The Hall–Kier alpha value is -1.06. The molecule has 1 aliphatic rings. The SMILES string of the molecule is CC(=O)N[C@H]1CCC[C@H](C(=O)O)C1. The zero-order valence-electron chi connectivity index (χ0n) is 7.75. The van der Waals surface area contributed by atoms with Gasteiger partial charge in [0.1, 0.15) is 0 Å². The third kappa shape index (κ3) is 3.05. The number of hydrogen-bond donors (Lipinski definition) is 2. The summed E-state index contributed by atoms with van der Waals surface area (Å²) in [6.07, 6.45) is 3.12. The van der Waals surface area contributed by atoms with Gasteiger partial charge in [0.15, 0.2) is 0 Å². The topological polar surface area (TPSA) is 66.4 Å². The first kappa shape index (κ1) is 10.0. The molecule has 0 aromatic carbocycles. The number of carbonyl (C=O) groups is 2. The summed E-state index contributed by atoms with van der Waals surface area (Å²) in [6.45, 7) is 1.46. The van der Waals surface area contributed by atoms with Gasteiger partial charge < -0.3 is 10.4 Å². The second-order valence-electron chi connectivity index (χ2n) is 3.60. The van der Waals surface area contributed by atoms with Crippen LogP contribution in [0.5, 0.6) is 0 Å². The maximum Gasteiger partial charge on any atom is 0.306 e. The van der Waals surface area contributed by atoms with Gasteiger partial charge in [-0.05, 0) is 19.3 Å². The molecule has 0 bridgehead atoms. The molecule has 2 atom stereocenters. The van der Waals surface area contributed by atoms with Crippen LogP contribution in [0, 0.1) is 5.92 Å².